The Morgan fingerprint density at radius 2 is 2.24 bits per heavy atom. The van der Waals surface area contributed by atoms with Crippen LogP contribution in [0.3, 0.4) is 0 Å². The summed E-state index contributed by atoms with van der Waals surface area (Å²) in [6.07, 6.45) is 1.26. The van der Waals surface area contributed by atoms with Gasteiger partial charge in [-0.1, -0.05) is 0 Å². The molecule has 2 aromatic heterocycles. The maximum absolute atomic E-state index is 12.0. The molecular formula is C12H13N3O5S. The fraction of sp³-hybridized carbons (Fsp3) is 0.333. The molecule has 0 aromatic carbocycles. The van der Waals surface area contributed by atoms with Crippen molar-refractivity contribution in [1.29, 1.82) is 0 Å². The third kappa shape index (κ3) is 3.26. The number of carbonyl (C=O) groups is 2. The first-order chi connectivity index (χ1) is 9.81. The van der Waals surface area contributed by atoms with E-state index in [9.17, 15) is 19.5 Å². The lowest BCUT2D eigenvalue weighted by Crippen LogP contribution is -2.47. The van der Waals surface area contributed by atoms with Crippen molar-refractivity contribution in [2.24, 2.45) is 0 Å². The van der Waals surface area contributed by atoms with Crippen molar-refractivity contribution in [2.45, 2.75) is 19.1 Å². The van der Waals surface area contributed by atoms with E-state index < -0.39 is 24.0 Å². The molecule has 1 amide bonds. The Balaban J connectivity index is 2.07. The van der Waals surface area contributed by atoms with Gasteiger partial charge in [-0.15, -0.1) is 11.3 Å². The van der Waals surface area contributed by atoms with Gasteiger partial charge in [0.15, 0.2) is 5.60 Å². The summed E-state index contributed by atoms with van der Waals surface area (Å²) in [6, 6.07) is 1.62. The third-order valence-electron chi connectivity index (χ3n) is 2.85. The Bertz CT molecular complexity index is 749. The molecule has 21 heavy (non-hydrogen) atoms. The lowest BCUT2D eigenvalue weighted by molar-refractivity contribution is -0.156. The average Bonchev–Trinajstić information content (AvgIpc) is 2.89. The van der Waals surface area contributed by atoms with E-state index >= 15 is 0 Å². The van der Waals surface area contributed by atoms with Crippen molar-refractivity contribution in [3.8, 4) is 0 Å². The first-order valence-electron chi connectivity index (χ1n) is 5.96. The van der Waals surface area contributed by atoms with Crippen LogP contribution in [-0.4, -0.2) is 43.8 Å². The van der Waals surface area contributed by atoms with Gasteiger partial charge >= 0.3 is 5.97 Å². The molecule has 8 nitrogen and oxygen atoms in total. The zero-order chi connectivity index (χ0) is 15.6. The van der Waals surface area contributed by atoms with Gasteiger partial charge in [0.2, 0.25) is 5.91 Å². The highest BCUT2D eigenvalue weighted by Gasteiger charge is 2.30. The molecule has 1 atom stereocenters. The lowest BCUT2D eigenvalue weighted by Gasteiger charge is -2.18. The molecule has 112 valence electrons. The Labute approximate surface area is 122 Å². The predicted octanol–water partition coefficient (Wildman–Crippen LogP) is -0.590. The Morgan fingerprint density at radius 1 is 1.52 bits per heavy atom. The molecule has 0 saturated heterocycles. The molecule has 0 bridgehead atoms. The number of aliphatic hydroxyl groups is 1. The average molecular weight is 311 g/mol. The van der Waals surface area contributed by atoms with Gasteiger partial charge in [0, 0.05) is 0 Å². The number of carboxylic acid groups (broad SMARTS) is 1. The Kier molecular flexibility index (Phi) is 4.05. The maximum Gasteiger partial charge on any atom is 0.337 e. The van der Waals surface area contributed by atoms with E-state index in [2.05, 4.69) is 10.3 Å². The van der Waals surface area contributed by atoms with E-state index in [1.54, 1.807) is 11.4 Å². The van der Waals surface area contributed by atoms with Gasteiger partial charge in [-0.25, -0.2) is 9.78 Å². The summed E-state index contributed by atoms with van der Waals surface area (Å²) in [5, 5.41) is 22.6. The summed E-state index contributed by atoms with van der Waals surface area (Å²) >= 11 is 1.32. The molecule has 1 unspecified atom stereocenters. The summed E-state index contributed by atoms with van der Waals surface area (Å²) in [7, 11) is 0. The van der Waals surface area contributed by atoms with E-state index in [0.29, 0.717) is 10.2 Å². The maximum atomic E-state index is 12.0. The van der Waals surface area contributed by atoms with Gasteiger partial charge in [-0.05, 0) is 18.4 Å². The zero-order valence-corrected chi connectivity index (χ0v) is 11.9. The number of hydrogen-bond donors (Lipinski definition) is 3. The molecule has 0 aliphatic rings. The number of aromatic nitrogens is 2. The predicted molar refractivity (Wildman–Crippen MR) is 75.1 cm³/mol. The van der Waals surface area contributed by atoms with E-state index in [1.165, 1.54) is 17.7 Å². The second kappa shape index (κ2) is 5.62. The highest BCUT2D eigenvalue weighted by atomic mass is 32.1. The topological polar surface area (TPSA) is 122 Å². The number of carbonyl (C=O) groups excluding carboxylic acids is 1. The third-order valence-corrected chi connectivity index (χ3v) is 3.68. The van der Waals surface area contributed by atoms with Crippen molar-refractivity contribution >= 4 is 33.4 Å². The van der Waals surface area contributed by atoms with Crippen LogP contribution in [0.15, 0.2) is 22.6 Å². The minimum absolute atomic E-state index is 0.298. The van der Waals surface area contributed by atoms with Crippen LogP contribution in [0.2, 0.25) is 0 Å². The van der Waals surface area contributed by atoms with Crippen LogP contribution in [0.4, 0.5) is 0 Å². The van der Waals surface area contributed by atoms with Crippen LogP contribution in [-0.2, 0) is 16.1 Å². The van der Waals surface area contributed by atoms with Crippen LogP contribution >= 0.6 is 11.3 Å². The molecular weight excluding hydrogens is 298 g/mol. The molecule has 0 spiro atoms. The first kappa shape index (κ1) is 15.1. The van der Waals surface area contributed by atoms with Crippen molar-refractivity contribution in [3.63, 3.8) is 0 Å². The molecule has 0 aliphatic heterocycles. The molecule has 2 aromatic rings. The lowest BCUT2D eigenvalue weighted by atomic mass is 10.1. The second-order valence-electron chi connectivity index (χ2n) is 4.67. The van der Waals surface area contributed by atoms with Gasteiger partial charge in [0.25, 0.3) is 5.56 Å². The first-order valence-corrected chi connectivity index (χ1v) is 6.84. The minimum Gasteiger partial charge on any atom is -0.479 e. The van der Waals surface area contributed by atoms with Gasteiger partial charge in [-0.2, -0.15) is 0 Å². The van der Waals surface area contributed by atoms with Crippen LogP contribution in [0.1, 0.15) is 6.92 Å². The summed E-state index contributed by atoms with van der Waals surface area (Å²) in [4.78, 5) is 39.1. The quantitative estimate of drug-likeness (QED) is 0.678. The fourth-order valence-corrected chi connectivity index (χ4v) is 2.29. The molecule has 2 rings (SSSR count). The number of nitrogens with zero attached hydrogens (tertiary/aromatic N) is 2. The van der Waals surface area contributed by atoms with Crippen LogP contribution in [0, 0.1) is 0 Å². The number of thiophene rings is 1. The van der Waals surface area contributed by atoms with Crippen LogP contribution in [0.25, 0.3) is 10.2 Å². The Hall–Kier alpha value is -2.26. The molecule has 0 radical (unpaired) electrons. The van der Waals surface area contributed by atoms with Crippen LogP contribution < -0.4 is 10.9 Å². The van der Waals surface area contributed by atoms with Crippen molar-refractivity contribution in [3.05, 3.63) is 28.1 Å². The SMILES string of the molecule is CC(O)(CNC(=O)Cn1cnc2sccc2c1=O)C(=O)O. The number of aliphatic carboxylic acids is 1. The van der Waals surface area contributed by atoms with E-state index in [-0.39, 0.29) is 12.1 Å². The number of amides is 1. The smallest absolute Gasteiger partial charge is 0.337 e. The zero-order valence-electron chi connectivity index (χ0n) is 11.1. The molecule has 9 heteroatoms. The monoisotopic (exact) mass is 311 g/mol. The Morgan fingerprint density at radius 3 is 2.90 bits per heavy atom. The van der Waals surface area contributed by atoms with Gasteiger partial charge in [0.05, 0.1) is 18.3 Å². The van der Waals surface area contributed by atoms with Crippen molar-refractivity contribution < 1.29 is 19.8 Å². The largest absolute Gasteiger partial charge is 0.479 e. The number of hydrogen-bond acceptors (Lipinski definition) is 6. The molecule has 3 N–H and O–H groups in total. The van der Waals surface area contributed by atoms with Gasteiger partial charge < -0.3 is 15.5 Å². The molecule has 0 saturated carbocycles. The van der Waals surface area contributed by atoms with E-state index in [0.717, 1.165) is 11.5 Å². The normalized spacial score (nSPS) is 13.8. The second-order valence-corrected chi connectivity index (χ2v) is 5.57. The molecule has 0 fully saturated rings. The highest BCUT2D eigenvalue weighted by Crippen LogP contribution is 2.13. The summed E-state index contributed by atoms with van der Waals surface area (Å²) in [5.74, 6) is -2.03. The minimum atomic E-state index is -2.06. The summed E-state index contributed by atoms with van der Waals surface area (Å²) < 4.78 is 1.12. The van der Waals surface area contributed by atoms with Crippen molar-refractivity contribution in [2.75, 3.05) is 6.54 Å². The standard InChI is InChI=1S/C12H13N3O5S/c1-12(20,11(18)19)5-13-8(16)4-15-6-14-9-7(10(15)17)2-3-21-9/h2-3,6,20H,4-5H2,1H3,(H,13,16)(H,18,19). The number of fused-ring (bicyclic) bond motifs is 1. The number of rotatable bonds is 5. The summed E-state index contributed by atoms with van der Waals surface area (Å²) in [5.41, 5.74) is -2.41. The van der Waals surface area contributed by atoms with Gasteiger partial charge in [0.1, 0.15) is 11.4 Å². The molecule has 0 aliphatic carbocycles. The summed E-state index contributed by atoms with van der Waals surface area (Å²) in [6.45, 7) is 0.318. The highest BCUT2D eigenvalue weighted by molar-refractivity contribution is 7.16. The number of carboxylic acids is 1. The van der Waals surface area contributed by atoms with Crippen LogP contribution in [0.5, 0.6) is 0 Å². The fourth-order valence-electron chi connectivity index (χ4n) is 1.56. The molecule has 2 heterocycles. The van der Waals surface area contributed by atoms with E-state index in [1.807, 2.05) is 0 Å². The van der Waals surface area contributed by atoms with Crippen molar-refractivity contribution in [1.82, 2.24) is 14.9 Å². The van der Waals surface area contributed by atoms with Gasteiger partial charge in [-0.3, -0.25) is 14.2 Å². The number of nitrogens with one attached hydrogen (secondary N) is 1. The van der Waals surface area contributed by atoms with E-state index in [4.69, 9.17) is 5.11 Å².